The SMILES string of the molecule is CCC1(C(=O)Cc2cnn(C)c2)CCCC1. The fraction of sp³-hybridized carbons (Fsp3) is 0.692. The Bertz CT molecular complexity index is 375. The number of ketones is 1. The quantitative estimate of drug-likeness (QED) is 0.781. The molecule has 88 valence electrons. The zero-order chi connectivity index (χ0) is 11.6. The van der Waals surface area contributed by atoms with Crippen molar-refractivity contribution in [2.24, 2.45) is 12.5 Å². The summed E-state index contributed by atoms with van der Waals surface area (Å²) in [7, 11) is 1.89. The summed E-state index contributed by atoms with van der Waals surface area (Å²) in [6.07, 6.45) is 9.89. The molecular formula is C13H20N2O. The van der Waals surface area contributed by atoms with Crippen LogP contribution in [0.1, 0.15) is 44.6 Å². The van der Waals surface area contributed by atoms with Gasteiger partial charge in [-0.05, 0) is 24.8 Å². The van der Waals surface area contributed by atoms with Gasteiger partial charge in [-0.2, -0.15) is 5.10 Å². The molecule has 0 aliphatic heterocycles. The summed E-state index contributed by atoms with van der Waals surface area (Å²) in [6, 6.07) is 0. The Morgan fingerprint density at radius 3 is 2.69 bits per heavy atom. The molecule has 1 aliphatic carbocycles. The number of Topliss-reactive ketones (excluding diaryl/α,β-unsaturated/α-hetero) is 1. The van der Waals surface area contributed by atoms with Gasteiger partial charge in [0.15, 0.2) is 0 Å². The van der Waals surface area contributed by atoms with E-state index >= 15 is 0 Å². The number of hydrogen-bond donors (Lipinski definition) is 0. The number of rotatable bonds is 4. The smallest absolute Gasteiger partial charge is 0.143 e. The topological polar surface area (TPSA) is 34.9 Å². The first-order valence-electron chi connectivity index (χ1n) is 6.17. The predicted octanol–water partition coefficient (Wildman–Crippen LogP) is 2.50. The van der Waals surface area contributed by atoms with E-state index in [4.69, 9.17) is 0 Å². The zero-order valence-electron chi connectivity index (χ0n) is 10.2. The Morgan fingerprint density at radius 2 is 2.19 bits per heavy atom. The van der Waals surface area contributed by atoms with Crippen molar-refractivity contribution >= 4 is 5.78 Å². The highest BCUT2D eigenvalue weighted by molar-refractivity contribution is 5.86. The van der Waals surface area contributed by atoms with E-state index in [-0.39, 0.29) is 5.41 Å². The van der Waals surface area contributed by atoms with Gasteiger partial charge in [-0.25, -0.2) is 0 Å². The molecule has 1 saturated carbocycles. The lowest BCUT2D eigenvalue weighted by Gasteiger charge is -2.25. The Labute approximate surface area is 96.8 Å². The van der Waals surface area contributed by atoms with Crippen LogP contribution in [0.25, 0.3) is 0 Å². The molecule has 0 N–H and O–H groups in total. The van der Waals surface area contributed by atoms with Gasteiger partial charge in [0.05, 0.1) is 6.20 Å². The Kier molecular flexibility index (Phi) is 3.13. The minimum atomic E-state index is -0.0180. The Balaban J connectivity index is 2.07. The van der Waals surface area contributed by atoms with Crippen molar-refractivity contribution in [3.8, 4) is 0 Å². The third-order valence-electron chi connectivity index (χ3n) is 3.95. The van der Waals surface area contributed by atoms with E-state index in [9.17, 15) is 4.79 Å². The maximum atomic E-state index is 12.3. The molecule has 0 unspecified atom stereocenters. The Hall–Kier alpha value is -1.12. The third kappa shape index (κ3) is 2.04. The number of hydrogen-bond acceptors (Lipinski definition) is 2. The van der Waals surface area contributed by atoms with Crippen molar-refractivity contribution < 1.29 is 4.79 Å². The minimum Gasteiger partial charge on any atom is -0.299 e. The van der Waals surface area contributed by atoms with E-state index in [1.165, 1.54) is 12.8 Å². The lowest BCUT2D eigenvalue weighted by atomic mass is 9.77. The average Bonchev–Trinajstić information content (AvgIpc) is 2.88. The highest BCUT2D eigenvalue weighted by Crippen LogP contribution is 2.42. The second-order valence-corrected chi connectivity index (χ2v) is 4.96. The summed E-state index contributed by atoms with van der Waals surface area (Å²) >= 11 is 0. The van der Waals surface area contributed by atoms with E-state index in [1.54, 1.807) is 10.9 Å². The van der Waals surface area contributed by atoms with Gasteiger partial charge in [-0.15, -0.1) is 0 Å². The van der Waals surface area contributed by atoms with Gasteiger partial charge in [-0.1, -0.05) is 19.8 Å². The highest BCUT2D eigenvalue weighted by atomic mass is 16.1. The van der Waals surface area contributed by atoms with Crippen molar-refractivity contribution in [2.75, 3.05) is 0 Å². The molecule has 0 bridgehead atoms. The van der Waals surface area contributed by atoms with E-state index in [2.05, 4.69) is 12.0 Å². The molecule has 1 aromatic heterocycles. The molecule has 0 spiro atoms. The first-order chi connectivity index (χ1) is 7.66. The molecular weight excluding hydrogens is 200 g/mol. The molecule has 0 saturated heterocycles. The second kappa shape index (κ2) is 4.40. The molecule has 3 heteroatoms. The van der Waals surface area contributed by atoms with Crippen molar-refractivity contribution in [3.63, 3.8) is 0 Å². The molecule has 0 atom stereocenters. The van der Waals surface area contributed by atoms with Crippen LogP contribution in [0.15, 0.2) is 12.4 Å². The number of aromatic nitrogens is 2. The van der Waals surface area contributed by atoms with Crippen LogP contribution in [0.2, 0.25) is 0 Å². The minimum absolute atomic E-state index is 0.0180. The van der Waals surface area contributed by atoms with Gasteiger partial charge in [-0.3, -0.25) is 9.48 Å². The molecule has 2 rings (SSSR count). The van der Waals surface area contributed by atoms with Crippen LogP contribution in [-0.2, 0) is 18.3 Å². The molecule has 0 radical (unpaired) electrons. The molecule has 3 nitrogen and oxygen atoms in total. The fourth-order valence-electron chi connectivity index (χ4n) is 2.82. The Morgan fingerprint density at radius 1 is 1.50 bits per heavy atom. The summed E-state index contributed by atoms with van der Waals surface area (Å²) in [5.41, 5.74) is 1.03. The van der Waals surface area contributed by atoms with Crippen LogP contribution < -0.4 is 0 Å². The van der Waals surface area contributed by atoms with Crippen molar-refractivity contribution in [3.05, 3.63) is 18.0 Å². The summed E-state index contributed by atoms with van der Waals surface area (Å²) in [5.74, 6) is 0.417. The monoisotopic (exact) mass is 220 g/mol. The van der Waals surface area contributed by atoms with Crippen LogP contribution >= 0.6 is 0 Å². The van der Waals surface area contributed by atoms with Crippen molar-refractivity contribution in [1.82, 2.24) is 9.78 Å². The van der Waals surface area contributed by atoms with Gasteiger partial charge >= 0.3 is 0 Å². The van der Waals surface area contributed by atoms with Gasteiger partial charge in [0.25, 0.3) is 0 Å². The number of carbonyl (C=O) groups is 1. The second-order valence-electron chi connectivity index (χ2n) is 4.96. The summed E-state index contributed by atoms with van der Waals surface area (Å²) in [4.78, 5) is 12.3. The van der Waals surface area contributed by atoms with Crippen LogP contribution in [0.4, 0.5) is 0 Å². The van der Waals surface area contributed by atoms with Crippen LogP contribution in [0.5, 0.6) is 0 Å². The molecule has 1 fully saturated rings. The van der Waals surface area contributed by atoms with Gasteiger partial charge in [0, 0.05) is 25.1 Å². The van der Waals surface area contributed by atoms with Crippen LogP contribution in [0, 0.1) is 5.41 Å². The highest BCUT2D eigenvalue weighted by Gasteiger charge is 2.38. The third-order valence-corrected chi connectivity index (χ3v) is 3.95. The summed E-state index contributed by atoms with van der Waals surface area (Å²) < 4.78 is 1.76. The van der Waals surface area contributed by atoms with E-state index in [1.807, 2.05) is 13.2 Å². The number of aryl methyl sites for hydroxylation is 1. The largest absolute Gasteiger partial charge is 0.299 e. The average molecular weight is 220 g/mol. The predicted molar refractivity (Wildman–Crippen MR) is 63.1 cm³/mol. The van der Waals surface area contributed by atoms with Crippen molar-refractivity contribution in [1.29, 1.82) is 0 Å². The van der Waals surface area contributed by atoms with Crippen LogP contribution in [-0.4, -0.2) is 15.6 Å². The lowest BCUT2D eigenvalue weighted by molar-refractivity contribution is -0.128. The lowest BCUT2D eigenvalue weighted by Crippen LogP contribution is -2.28. The maximum absolute atomic E-state index is 12.3. The molecule has 1 heterocycles. The van der Waals surface area contributed by atoms with E-state index in [0.29, 0.717) is 12.2 Å². The van der Waals surface area contributed by atoms with E-state index in [0.717, 1.165) is 24.8 Å². The number of carbonyl (C=O) groups excluding carboxylic acids is 1. The van der Waals surface area contributed by atoms with Crippen LogP contribution in [0.3, 0.4) is 0 Å². The molecule has 0 aromatic carbocycles. The van der Waals surface area contributed by atoms with Crippen molar-refractivity contribution in [2.45, 2.75) is 45.4 Å². The number of nitrogens with zero attached hydrogens (tertiary/aromatic N) is 2. The van der Waals surface area contributed by atoms with Gasteiger partial charge in [0.1, 0.15) is 5.78 Å². The fourth-order valence-corrected chi connectivity index (χ4v) is 2.82. The first-order valence-corrected chi connectivity index (χ1v) is 6.17. The molecule has 0 amide bonds. The normalized spacial score (nSPS) is 18.9. The van der Waals surface area contributed by atoms with Gasteiger partial charge in [0.2, 0.25) is 0 Å². The molecule has 1 aromatic rings. The molecule has 16 heavy (non-hydrogen) atoms. The van der Waals surface area contributed by atoms with Gasteiger partial charge < -0.3 is 0 Å². The van der Waals surface area contributed by atoms with E-state index < -0.39 is 0 Å². The zero-order valence-corrected chi connectivity index (χ0v) is 10.2. The maximum Gasteiger partial charge on any atom is 0.143 e. The first kappa shape index (κ1) is 11.4. The summed E-state index contributed by atoms with van der Waals surface area (Å²) in [5, 5.41) is 4.11. The molecule has 1 aliphatic rings. The standard InChI is InChI=1S/C13H20N2O/c1-3-13(6-4-5-7-13)12(16)8-11-9-14-15(2)10-11/h9-10H,3-8H2,1-2H3. The summed E-state index contributed by atoms with van der Waals surface area (Å²) in [6.45, 7) is 2.15.